The molecule has 1 amide bonds. The van der Waals surface area contributed by atoms with Crippen LogP contribution in [-0.4, -0.2) is 38.8 Å². The van der Waals surface area contributed by atoms with Gasteiger partial charge in [0, 0.05) is 20.3 Å². The normalized spacial score (nSPS) is 26.5. The van der Waals surface area contributed by atoms with Gasteiger partial charge < -0.3 is 15.4 Å². The molecule has 0 radical (unpaired) electrons. The van der Waals surface area contributed by atoms with E-state index in [4.69, 9.17) is 4.74 Å². The first-order valence-electron chi connectivity index (χ1n) is 6.76. The van der Waals surface area contributed by atoms with E-state index in [1.165, 1.54) is 25.7 Å². The fourth-order valence-corrected chi connectivity index (χ4v) is 2.48. The highest BCUT2D eigenvalue weighted by molar-refractivity contribution is 5.81. The van der Waals surface area contributed by atoms with Gasteiger partial charge in [-0.1, -0.05) is 6.42 Å². The maximum atomic E-state index is 11.9. The molecule has 4 nitrogen and oxygen atoms in total. The summed E-state index contributed by atoms with van der Waals surface area (Å²) in [6.45, 7) is 2.61. The van der Waals surface area contributed by atoms with Gasteiger partial charge in [-0.05, 0) is 44.1 Å². The minimum Gasteiger partial charge on any atom is -0.385 e. The molecule has 0 spiro atoms. The number of hydrogen-bond donors (Lipinski definition) is 2. The minimum atomic E-state index is 0.0435. The Balaban J connectivity index is 1.68. The van der Waals surface area contributed by atoms with Crippen LogP contribution < -0.4 is 10.6 Å². The second-order valence-corrected chi connectivity index (χ2v) is 5.46. The Hall–Kier alpha value is -0.610. The number of carbonyl (C=O) groups excluding carboxylic acids is 1. The molecule has 1 aliphatic heterocycles. The quantitative estimate of drug-likeness (QED) is 0.730. The molecule has 98 valence electrons. The summed E-state index contributed by atoms with van der Waals surface area (Å²) in [5.74, 6) is 0.188. The molecular weight excluding hydrogens is 216 g/mol. The van der Waals surface area contributed by atoms with Crippen LogP contribution >= 0.6 is 0 Å². The first-order chi connectivity index (χ1) is 8.26. The molecule has 1 atom stereocenters. The van der Waals surface area contributed by atoms with Crippen molar-refractivity contribution in [2.75, 3.05) is 26.8 Å². The van der Waals surface area contributed by atoms with Crippen molar-refractivity contribution < 1.29 is 9.53 Å². The molecule has 0 aromatic carbocycles. The molecule has 2 rings (SSSR count). The van der Waals surface area contributed by atoms with E-state index in [1.807, 2.05) is 0 Å². The number of ether oxygens (including phenoxy) is 1. The topological polar surface area (TPSA) is 50.4 Å². The Morgan fingerprint density at radius 3 is 2.88 bits per heavy atom. The molecular formula is C13H24N2O2. The molecule has 2 aliphatic rings. The van der Waals surface area contributed by atoms with Crippen molar-refractivity contribution in [3.05, 3.63) is 0 Å². The largest absolute Gasteiger partial charge is 0.385 e. The van der Waals surface area contributed by atoms with Crippen molar-refractivity contribution in [2.45, 2.75) is 44.6 Å². The van der Waals surface area contributed by atoms with Gasteiger partial charge >= 0.3 is 0 Å². The molecule has 17 heavy (non-hydrogen) atoms. The summed E-state index contributed by atoms with van der Waals surface area (Å²) in [6.07, 6.45) is 6.88. The zero-order valence-corrected chi connectivity index (χ0v) is 10.8. The first-order valence-corrected chi connectivity index (χ1v) is 6.76. The van der Waals surface area contributed by atoms with Gasteiger partial charge in [0.15, 0.2) is 0 Å². The Morgan fingerprint density at radius 2 is 2.29 bits per heavy atom. The van der Waals surface area contributed by atoms with Crippen molar-refractivity contribution in [1.29, 1.82) is 0 Å². The molecule has 0 aromatic rings. The Kier molecular flexibility index (Phi) is 4.40. The smallest absolute Gasteiger partial charge is 0.237 e. The molecule has 2 N–H and O–H groups in total. The van der Waals surface area contributed by atoms with Gasteiger partial charge in [-0.2, -0.15) is 0 Å². The lowest BCUT2D eigenvalue weighted by Crippen LogP contribution is -2.47. The maximum Gasteiger partial charge on any atom is 0.237 e. The van der Waals surface area contributed by atoms with Gasteiger partial charge in [-0.3, -0.25) is 4.79 Å². The summed E-state index contributed by atoms with van der Waals surface area (Å²) in [5, 5.41) is 6.39. The molecule has 0 aromatic heterocycles. The van der Waals surface area contributed by atoms with E-state index in [-0.39, 0.29) is 11.9 Å². The highest BCUT2D eigenvalue weighted by Gasteiger charge is 2.42. The SMILES string of the molecule is COCCC1(CNC(=O)[C@H]2CCCCN2)CC1. The van der Waals surface area contributed by atoms with Gasteiger partial charge in [0.1, 0.15) is 0 Å². The Morgan fingerprint density at radius 1 is 1.47 bits per heavy atom. The van der Waals surface area contributed by atoms with Crippen LogP contribution in [0, 0.1) is 5.41 Å². The van der Waals surface area contributed by atoms with Gasteiger partial charge in [0.05, 0.1) is 6.04 Å². The van der Waals surface area contributed by atoms with Crippen LogP contribution in [0.3, 0.4) is 0 Å². The number of carbonyl (C=O) groups is 1. The zero-order valence-electron chi connectivity index (χ0n) is 10.8. The van der Waals surface area contributed by atoms with Crippen molar-refractivity contribution in [1.82, 2.24) is 10.6 Å². The fraction of sp³-hybridized carbons (Fsp3) is 0.923. The molecule has 2 fully saturated rings. The van der Waals surface area contributed by atoms with Crippen molar-refractivity contribution in [2.24, 2.45) is 5.41 Å². The highest BCUT2D eigenvalue weighted by Crippen LogP contribution is 2.48. The predicted molar refractivity (Wildman–Crippen MR) is 66.8 cm³/mol. The molecule has 1 saturated carbocycles. The second kappa shape index (κ2) is 5.83. The van der Waals surface area contributed by atoms with Crippen LogP contribution in [0.2, 0.25) is 0 Å². The molecule has 1 saturated heterocycles. The van der Waals surface area contributed by atoms with Crippen molar-refractivity contribution in [3.8, 4) is 0 Å². The fourth-order valence-electron chi connectivity index (χ4n) is 2.48. The number of methoxy groups -OCH3 is 1. The Bertz CT molecular complexity index is 258. The van der Waals surface area contributed by atoms with E-state index in [0.717, 1.165) is 32.5 Å². The van der Waals surface area contributed by atoms with Crippen LogP contribution in [-0.2, 0) is 9.53 Å². The van der Waals surface area contributed by atoms with E-state index >= 15 is 0 Å². The Labute approximate surface area is 103 Å². The molecule has 1 aliphatic carbocycles. The summed E-state index contributed by atoms with van der Waals surface area (Å²) in [7, 11) is 1.74. The average Bonchev–Trinajstić information content (AvgIpc) is 3.15. The van der Waals surface area contributed by atoms with Crippen LogP contribution in [0.25, 0.3) is 0 Å². The molecule has 1 heterocycles. The maximum absolute atomic E-state index is 11.9. The van der Waals surface area contributed by atoms with Gasteiger partial charge in [0.25, 0.3) is 0 Å². The third-order valence-corrected chi connectivity index (χ3v) is 4.06. The standard InChI is InChI=1S/C13H24N2O2/c1-17-9-7-13(5-6-13)10-15-12(16)11-4-2-3-8-14-11/h11,14H,2-10H2,1H3,(H,15,16)/t11-/m1/s1. The summed E-state index contributed by atoms with van der Waals surface area (Å²) in [5.41, 5.74) is 0.348. The summed E-state index contributed by atoms with van der Waals surface area (Å²) >= 11 is 0. The summed E-state index contributed by atoms with van der Waals surface area (Å²) in [4.78, 5) is 11.9. The van der Waals surface area contributed by atoms with E-state index in [2.05, 4.69) is 10.6 Å². The van der Waals surface area contributed by atoms with Gasteiger partial charge in [0.2, 0.25) is 5.91 Å². The third kappa shape index (κ3) is 3.68. The molecule has 0 unspecified atom stereocenters. The van der Waals surface area contributed by atoms with E-state index in [1.54, 1.807) is 7.11 Å². The number of hydrogen-bond acceptors (Lipinski definition) is 3. The monoisotopic (exact) mass is 240 g/mol. The first kappa shape index (κ1) is 12.8. The van der Waals surface area contributed by atoms with Crippen molar-refractivity contribution >= 4 is 5.91 Å². The van der Waals surface area contributed by atoms with Crippen molar-refractivity contribution in [3.63, 3.8) is 0 Å². The van der Waals surface area contributed by atoms with Crippen LogP contribution in [0.5, 0.6) is 0 Å². The zero-order chi connectivity index (χ0) is 12.1. The van der Waals surface area contributed by atoms with E-state index in [0.29, 0.717) is 5.41 Å². The van der Waals surface area contributed by atoms with Crippen LogP contribution in [0.1, 0.15) is 38.5 Å². The number of amides is 1. The highest BCUT2D eigenvalue weighted by atomic mass is 16.5. The molecule has 0 bridgehead atoms. The van der Waals surface area contributed by atoms with Gasteiger partial charge in [-0.25, -0.2) is 0 Å². The number of piperidine rings is 1. The van der Waals surface area contributed by atoms with Crippen LogP contribution in [0.15, 0.2) is 0 Å². The average molecular weight is 240 g/mol. The summed E-state index contributed by atoms with van der Waals surface area (Å²) < 4.78 is 5.12. The van der Waals surface area contributed by atoms with Crippen LogP contribution in [0.4, 0.5) is 0 Å². The second-order valence-electron chi connectivity index (χ2n) is 5.46. The number of rotatable bonds is 6. The lowest BCUT2D eigenvalue weighted by Gasteiger charge is -2.24. The van der Waals surface area contributed by atoms with E-state index in [9.17, 15) is 4.79 Å². The predicted octanol–water partition coefficient (Wildman–Crippen LogP) is 1.06. The van der Waals surface area contributed by atoms with Gasteiger partial charge in [-0.15, -0.1) is 0 Å². The third-order valence-electron chi connectivity index (χ3n) is 4.06. The van der Waals surface area contributed by atoms with E-state index < -0.39 is 0 Å². The minimum absolute atomic E-state index is 0.0435. The lowest BCUT2D eigenvalue weighted by molar-refractivity contribution is -0.124. The number of nitrogens with one attached hydrogen (secondary N) is 2. The lowest BCUT2D eigenvalue weighted by atomic mass is 10.0. The summed E-state index contributed by atoms with van der Waals surface area (Å²) in [6, 6.07) is 0.0435. The molecule has 4 heteroatoms.